The van der Waals surface area contributed by atoms with Crippen LogP contribution >= 0.6 is 0 Å². The Kier molecular flexibility index (Phi) is 9.26. The number of rotatable bonds is 10. The highest BCUT2D eigenvalue weighted by Crippen LogP contribution is 2.39. The number of nitrogens with zero attached hydrogens (tertiary/aromatic N) is 4. The number of anilines is 2. The average Bonchev–Trinajstić information content (AvgIpc) is 3.26. The van der Waals surface area contributed by atoms with E-state index in [4.69, 9.17) is 0 Å². The van der Waals surface area contributed by atoms with Crippen molar-refractivity contribution in [1.82, 2.24) is 19.6 Å². The average molecular weight is 547 g/mol. The number of carbonyl (C=O) groups is 3. The lowest BCUT2D eigenvalue weighted by molar-refractivity contribution is -0.117. The summed E-state index contributed by atoms with van der Waals surface area (Å²) in [4.78, 5) is 48.0. The van der Waals surface area contributed by atoms with Gasteiger partial charge in [-0.3, -0.25) is 14.4 Å². The number of amides is 2. The quantitative estimate of drug-likeness (QED) is 0.404. The van der Waals surface area contributed by atoms with E-state index in [-0.39, 0.29) is 17.6 Å². The molecule has 2 amide bonds. The number of fused-ring (bicyclic) bond motifs is 3. The minimum atomic E-state index is -0.0835. The number of nitrogens with one attached hydrogen (secondary N) is 2. The third-order valence-corrected chi connectivity index (χ3v) is 8.52. The number of hydrogen-bond acceptors (Lipinski definition) is 7. The standard InChI is InChI=1S/C31H42N6O3/c1-3-34-13-17-36(18-14-34)11-9-29(38)32-23-5-7-25-26-8-6-24(22-28(26)31(40)27(25)21-23)33-30(39)10-12-37-19-15-35(4-2)16-20-37/h5-8,21-22H,3-4,9-20H2,1-2H3,(H,32,38)(H,33,39). The first-order valence-corrected chi connectivity index (χ1v) is 14.8. The van der Waals surface area contributed by atoms with Crippen LogP contribution in [0, 0.1) is 0 Å². The summed E-state index contributed by atoms with van der Waals surface area (Å²) in [5.74, 6) is -0.170. The summed E-state index contributed by atoms with van der Waals surface area (Å²) in [6.45, 7) is 16.1. The molecule has 0 bridgehead atoms. The summed E-state index contributed by atoms with van der Waals surface area (Å²) in [6, 6.07) is 11.0. The fourth-order valence-corrected chi connectivity index (χ4v) is 5.86. The predicted octanol–water partition coefficient (Wildman–Crippen LogP) is 2.83. The van der Waals surface area contributed by atoms with Crippen LogP contribution in [-0.2, 0) is 9.59 Å². The fraction of sp³-hybridized carbons (Fsp3) is 0.516. The van der Waals surface area contributed by atoms with Gasteiger partial charge in [0.15, 0.2) is 5.78 Å². The highest BCUT2D eigenvalue weighted by molar-refractivity contribution is 6.22. The number of likely N-dealkylation sites (N-methyl/N-ethyl adjacent to an activating group) is 2. The zero-order valence-corrected chi connectivity index (χ0v) is 23.9. The first-order chi connectivity index (χ1) is 19.4. The molecule has 0 radical (unpaired) electrons. The predicted molar refractivity (Wildman–Crippen MR) is 159 cm³/mol. The lowest BCUT2D eigenvalue weighted by Crippen LogP contribution is -2.46. The minimum absolute atomic E-state index is 0.0435. The van der Waals surface area contributed by atoms with Crippen molar-refractivity contribution >= 4 is 29.0 Å². The zero-order valence-electron chi connectivity index (χ0n) is 23.9. The molecule has 9 nitrogen and oxygen atoms in total. The Hall–Kier alpha value is -3.11. The Labute approximate surface area is 237 Å². The van der Waals surface area contributed by atoms with E-state index >= 15 is 0 Å². The van der Waals surface area contributed by atoms with Gasteiger partial charge in [0.2, 0.25) is 11.8 Å². The topological polar surface area (TPSA) is 88.2 Å². The molecule has 0 saturated carbocycles. The van der Waals surface area contributed by atoms with Crippen molar-refractivity contribution in [2.24, 2.45) is 0 Å². The van der Waals surface area contributed by atoms with Crippen molar-refractivity contribution in [3.05, 3.63) is 47.5 Å². The number of ketones is 1. The van der Waals surface area contributed by atoms with Gasteiger partial charge >= 0.3 is 0 Å². The van der Waals surface area contributed by atoms with Crippen LogP contribution in [-0.4, -0.2) is 116 Å². The van der Waals surface area contributed by atoms with Crippen molar-refractivity contribution in [3.8, 4) is 11.1 Å². The molecule has 2 N–H and O–H groups in total. The molecule has 5 rings (SSSR count). The van der Waals surface area contributed by atoms with E-state index < -0.39 is 0 Å². The molecule has 40 heavy (non-hydrogen) atoms. The SMILES string of the molecule is CCN1CCN(CCC(=O)Nc2ccc3c(c2)C(=O)c2cc(NC(=O)CCN4CCN(CC)CC4)ccc2-3)CC1. The highest BCUT2D eigenvalue weighted by atomic mass is 16.2. The summed E-state index contributed by atoms with van der Waals surface area (Å²) in [7, 11) is 0. The molecule has 2 aromatic rings. The molecule has 0 atom stereocenters. The molecule has 2 heterocycles. The zero-order chi connectivity index (χ0) is 28.1. The first kappa shape index (κ1) is 28.4. The maximum Gasteiger partial charge on any atom is 0.225 e. The summed E-state index contributed by atoms with van der Waals surface area (Å²) >= 11 is 0. The van der Waals surface area contributed by atoms with Crippen LogP contribution < -0.4 is 10.6 Å². The molecule has 1 aliphatic carbocycles. The molecular weight excluding hydrogens is 504 g/mol. The molecule has 0 spiro atoms. The van der Waals surface area contributed by atoms with Crippen LogP contribution in [0.15, 0.2) is 36.4 Å². The molecule has 2 saturated heterocycles. The van der Waals surface area contributed by atoms with E-state index in [0.717, 1.165) is 89.7 Å². The van der Waals surface area contributed by atoms with Gasteiger partial charge in [-0.1, -0.05) is 26.0 Å². The van der Waals surface area contributed by atoms with Gasteiger partial charge in [-0.05, 0) is 48.5 Å². The number of benzene rings is 2. The molecule has 214 valence electrons. The van der Waals surface area contributed by atoms with Crippen LogP contribution in [0.25, 0.3) is 11.1 Å². The van der Waals surface area contributed by atoms with Gasteiger partial charge in [-0.15, -0.1) is 0 Å². The molecule has 2 fully saturated rings. The lowest BCUT2D eigenvalue weighted by atomic mass is 10.0. The largest absolute Gasteiger partial charge is 0.326 e. The second kappa shape index (κ2) is 13.0. The smallest absolute Gasteiger partial charge is 0.225 e. The summed E-state index contributed by atoms with van der Waals surface area (Å²) in [5.41, 5.74) is 4.14. The Balaban J connectivity index is 1.13. The van der Waals surface area contributed by atoms with E-state index in [1.165, 1.54) is 0 Å². The van der Waals surface area contributed by atoms with Crippen LogP contribution in [0.4, 0.5) is 11.4 Å². The van der Waals surface area contributed by atoms with Gasteiger partial charge in [-0.2, -0.15) is 0 Å². The second-order valence-electron chi connectivity index (χ2n) is 11.0. The molecule has 0 aromatic heterocycles. The van der Waals surface area contributed by atoms with E-state index in [0.29, 0.717) is 35.3 Å². The Morgan fingerprint density at radius 1 is 0.600 bits per heavy atom. The van der Waals surface area contributed by atoms with Crippen LogP contribution in [0.5, 0.6) is 0 Å². The van der Waals surface area contributed by atoms with Gasteiger partial charge in [0, 0.05) is 101 Å². The van der Waals surface area contributed by atoms with Gasteiger partial charge < -0.3 is 30.2 Å². The maximum absolute atomic E-state index is 13.3. The summed E-state index contributed by atoms with van der Waals surface area (Å²) in [6.07, 6.45) is 0.852. The molecule has 3 aliphatic rings. The van der Waals surface area contributed by atoms with E-state index in [9.17, 15) is 14.4 Å². The lowest BCUT2D eigenvalue weighted by Gasteiger charge is -2.33. The molecule has 2 aliphatic heterocycles. The number of carbonyl (C=O) groups excluding carboxylic acids is 3. The van der Waals surface area contributed by atoms with Crippen molar-refractivity contribution in [2.45, 2.75) is 26.7 Å². The Bertz CT molecular complexity index is 1140. The molecular formula is C31H42N6O3. The van der Waals surface area contributed by atoms with Crippen LogP contribution in [0.3, 0.4) is 0 Å². The van der Waals surface area contributed by atoms with Gasteiger partial charge in [-0.25, -0.2) is 0 Å². The normalized spacial score (nSPS) is 18.4. The third-order valence-electron chi connectivity index (χ3n) is 8.52. The fourth-order valence-electron chi connectivity index (χ4n) is 5.86. The molecule has 0 unspecified atom stereocenters. The van der Waals surface area contributed by atoms with E-state index in [2.05, 4.69) is 44.1 Å². The second-order valence-corrected chi connectivity index (χ2v) is 11.0. The summed E-state index contributed by atoms with van der Waals surface area (Å²) < 4.78 is 0. The van der Waals surface area contributed by atoms with Crippen LogP contribution in [0.1, 0.15) is 42.6 Å². The Morgan fingerprint density at radius 2 is 0.975 bits per heavy atom. The van der Waals surface area contributed by atoms with E-state index in [1.54, 1.807) is 12.1 Å². The first-order valence-electron chi connectivity index (χ1n) is 14.8. The minimum Gasteiger partial charge on any atom is -0.326 e. The van der Waals surface area contributed by atoms with Gasteiger partial charge in [0.05, 0.1) is 0 Å². The number of hydrogen-bond donors (Lipinski definition) is 2. The third kappa shape index (κ3) is 6.78. The molecule has 2 aromatic carbocycles. The monoisotopic (exact) mass is 546 g/mol. The van der Waals surface area contributed by atoms with Crippen molar-refractivity contribution in [1.29, 1.82) is 0 Å². The Morgan fingerprint density at radius 3 is 1.35 bits per heavy atom. The highest BCUT2D eigenvalue weighted by Gasteiger charge is 2.28. The van der Waals surface area contributed by atoms with Crippen LogP contribution in [0.2, 0.25) is 0 Å². The number of piperazine rings is 2. The van der Waals surface area contributed by atoms with Crippen molar-refractivity contribution < 1.29 is 14.4 Å². The summed E-state index contributed by atoms with van der Waals surface area (Å²) in [5, 5.41) is 5.94. The van der Waals surface area contributed by atoms with Gasteiger partial charge in [0.25, 0.3) is 0 Å². The van der Waals surface area contributed by atoms with E-state index in [1.807, 2.05) is 24.3 Å². The van der Waals surface area contributed by atoms with Crippen molar-refractivity contribution in [3.63, 3.8) is 0 Å². The van der Waals surface area contributed by atoms with Crippen molar-refractivity contribution in [2.75, 3.05) is 89.2 Å². The maximum atomic E-state index is 13.3. The molecule has 9 heteroatoms. The van der Waals surface area contributed by atoms with Gasteiger partial charge in [0.1, 0.15) is 0 Å².